The Balaban J connectivity index is 1.89. The van der Waals surface area contributed by atoms with E-state index < -0.39 is 21.9 Å². The van der Waals surface area contributed by atoms with Gasteiger partial charge in [0.15, 0.2) is 15.9 Å². The second-order valence-electron chi connectivity index (χ2n) is 6.22. The van der Waals surface area contributed by atoms with Gasteiger partial charge in [0.2, 0.25) is 5.78 Å². The maximum Gasteiger partial charge on any atom is 0.339 e. The lowest BCUT2D eigenvalue weighted by molar-refractivity contribution is 0.0280. The molecule has 0 aliphatic rings. The maximum atomic E-state index is 12.9. The summed E-state index contributed by atoms with van der Waals surface area (Å²) in [5.74, 6) is -1.05. The van der Waals surface area contributed by atoms with Gasteiger partial charge in [-0.05, 0) is 24.3 Å². The molecule has 0 aliphatic carbocycles. The van der Waals surface area contributed by atoms with Crippen LogP contribution >= 0.6 is 0 Å². The van der Waals surface area contributed by atoms with Gasteiger partial charge in [0.05, 0.1) is 10.5 Å². The lowest BCUT2D eigenvalue weighted by atomic mass is 10.00. The van der Waals surface area contributed by atoms with Crippen LogP contribution in [0.5, 0.6) is 0 Å². The van der Waals surface area contributed by atoms with Gasteiger partial charge in [0.1, 0.15) is 0 Å². The van der Waals surface area contributed by atoms with Crippen molar-refractivity contribution in [2.24, 2.45) is 0 Å². The molecule has 0 aromatic heterocycles. The number of Topliss-reactive ketones (excluding diaryl/α,β-unsaturated/α-hetero) is 1. The molecule has 0 heterocycles. The standard InChI is InChI=1S/C22H18O5S/c1-28(25,26)19-14-12-18(13-15-19)22(24)27-21(17-10-6-3-7-11-17)20(23)16-8-4-2-5-9-16/h2-15,21H,1H3/t21-/m1/s1. The molecule has 142 valence electrons. The topological polar surface area (TPSA) is 77.5 Å². The Morgan fingerprint density at radius 2 is 1.29 bits per heavy atom. The first-order chi connectivity index (χ1) is 13.4. The van der Waals surface area contributed by atoms with Crippen molar-refractivity contribution < 1.29 is 22.7 Å². The van der Waals surface area contributed by atoms with E-state index in [0.29, 0.717) is 11.1 Å². The van der Waals surface area contributed by atoms with E-state index in [1.165, 1.54) is 24.3 Å². The Morgan fingerprint density at radius 3 is 1.82 bits per heavy atom. The minimum Gasteiger partial charge on any atom is -0.445 e. The van der Waals surface area contributed by atoms with E-state index in [-0.39, 0.29) is 16.2 Å². The molecule has 0 saturated heterocycles. The zero-order valence-corrected chi connectivity index (χ0v) is 15.9. The van der Waals surface area contributed by atoms with E-state index in [4.69, 9.17) is 4.74 Å². The summed E-state index contributed by atoms with van der Waals surface area (Å²) >= 11 is 0. The first kappa shape index (κ1) is 19.5. The molecule has 0 aliphatic heterocycles. The zero-order valence-electron chi connectivity index (χ0n) is 15.1. The molecule has 3 aromatic rings. The first-order valence-electron chi connectivity index (χ1n) is 8.51. The monoisotopic (exact) mass is 394 g/mol. The molecular formula is C22H18O5S. The average Bonchev–Trinajstić information content (AvgIpc) is 2.72. The van der Waals surface area contributed by atoms with Crippen molar-refractivity contribution in [2.45, 2.75) is 11.0 Å². The Kier molecular flexibility index (Phi) is 5.70. The predicted molar refractivity (Wildman–Crippen MR) is 105 cm³/mol. The second-order valence-corrected chi connectivity index (χ2v) is 8.24. The number of carbonyl (C=O) groups excluding carboxylic acids is 2. The lowest BCUT2D eigenvalue weighted by Crippen LogP contribution is -2.20. The molecule has 0 fully saturated rings. The molecule has 0 radical (unpaired) electrons. The Bertz CT molecular complexity index is 1070. The summed E-state index contributed by atoms with van der Waals surface area (Å²) in [6, 6.07) is 22.7. The van der Waals surface area contributed by atoms with E-state index >= 15 is 0 Å². The van der Waals surface area contributed by atoms with Gasteiger partial charge in [-0.1, -0.05) is 60.7 Å². The quantitative estimate of drug-likeness (QED) is 0.468. The number of carbonyl (C=O) groups is 2. The molecule has 28 heavy (non-hydrogen) atoms. The van der Waals surface area contributed by atoms with Crippen molar-refractivity contribution in [3.63, 3.8) is 0 Å². The van der Waals surface area contributed by atoms with Gasteiger partial charge in [0, 0.05) is 17.4 Å². The van der Waals surface area contributed by atoms with E-state index in [9.17, 15) is 18.0 Å². The van der Waals surface area contributed by atoms with Gasteiger partial charge in [-0.15, -0.1) is 0 Å². The van der Waals surface area contributed by atoms with Crippen LogP contribution in [-0.4, -0.2) is 26.4 Å². The third kappa shape index (κ3) is 4.53. The number of rotatable bonds is 6. The number of ketones is 1. The Hall–Kier alpha value is -3.25. The van der Waals surface area contributed by atoms with Crippen LogP contribution in [0.1, 0.15) is 32.4 Å². The van der Waals surface area contributed by atoms with Crippen LogP contribution in [-0.2, 0) is 14.6 Å². The van der Waals surface area contributed by atoms with Crippen LogP contribution < -0.4 is 0 Å². The van der Waals surface area contributed by atoms with Crippen molar-refractivity contribution >= 4 is 21.6 Å². The van der Waals surface area contributed by atoms with E-state index in [1.54, 1.807) is 60.7 Å². The average molecular weight is 394 g/mol. The number of hydrogen-bond donors (Lipinski definition) is 0. The molecule has 1 atom stereocenters. The highest BCUT2D eigenvalue weighted by Crippen LogP contribution is 2.24. The Morgan fingerprint density at radius 1 is 0.750 bits per heavy atom. The second kappa shape index (κ2) is 8.19. The number of ether oxygens (including phenoxy) is 1. The summed E-state index contributed by atoms with van der Waals surface area (Å²) in [7, 11) is -3.37. The molecule has 0 unspecified atom stereocenters. The number of benzene rings is 3. The summed E-state index contributed by atoms with van der Waals surface area (Å²) in [6.45, 7) is 0. The van der Waals surface area contributed by atoms with Crippen molar-refractivity contribution in [1.29, 1.82) is 0 Å². The minimum atomic E-state index is -3.37. The van der Waals surface area contributed by atoms with Gasteiger partial charge < -0.3 is 4.74 Å². The normalized spacial score (nSPS) is 12.2. The van der Waals surface area contributed by atoms with E-state index in [0.717, 1.165) is 6.26 Å². The largest absolute Gasteiger partial charge is 0.445 e. The smallest absolute Gasteiger partial charge is 0.339 e. The van der Waals surface area contributed by atoms with E-state index in [1.807, 2.05) is 0 Å². The summed E-state index contributed by atoms with van der Waals surface area (Å²) < 4.78 is 28.7. The fourth-order valence-electron chi connectivity index (χ4n) is 2.67. The van der Waals surface area contributed by atoms with Gasteiger partial charge in [-0.3, -0.25) is 4.79 Å². The predicted octanol–water partition coefficient (Wildman–Crippen LogP) is 3.87. The summed E-state index contributed by atoms with van der Waals surface area (Å²) in [4.78, 5) is 25.6. The van der Waals surface area contributed by atoms with Gasteiger partial charge in [-0.2, -0.15) is 0 Å². The molecule has 3 aromatic carbocycles. The van der Waals surface area contributed by atoms with Crippen LogP contribution in [0.15, 0.2) is 89.8 Å². The first-order valence-corrected chi connectivity index (χ1v) is 10.4. The summed E-state index contributed by atoms with van der Waals surface area (Å²) in [5, 5.41) is 0. The fourth-order valence-corrected chi connectivity index (χ4v) is 3.30. The zero-order chi connectivity index (χ0) is 20.1. The SMILES string of the molecule is CS(=O)(=O)c1ccc(C(=O)O[C@@H](C(=O)c2ccccc2)c2ccccc2)cc1. The third-order valence-electron chi connectivity index (χ3n) is 4.14. The highest BCUT2D eigenvalue weighted by molar-refractivity contribution is 7.90. The van der Waals surface area contributed by atoms with Crippen LogP contribution in [0.4, 0.5) is 0 Å². The minimum absolute atomic E-state index is 0.101. The number of esters is 1. The molecule has 5 nitrogen and oxygen atoms in total. The van der Waals surface area contributed by atoms with Crippen LogP contribution in [0, 0.1) is 0 Å². The molecule has 0 bridgehead atoms. The molecule has 0 N–H and O–H groups in total. The van der Waals surface area contributed by atoms with Crippen molar-refractivity contribution in [3.05, 3.63) is 102 Å². The maximum absolute atomic E-state index is 12.9. The van der Waals surface area contributed by atoms with Gasteiger partial charge in [-0.25, -0.2) is 13.2 Å². The number of hydrogen-bond acceptors (Lipinski definition) is 5. The molecule has 0 saturated carbocycles. The van der Waals surface area contributed by atoms with Crippen molar-refractivity contribution in [1.82, 2.24) is 0 Å². The molecule has 0 amide bonds. The van der Waals surface area contributed by atoms with Crippen LogP contribution in [0.2, 0.25) is 0 Å². The highest BCUT2D eigenvalue weighted by atomic mass is 32.2. The van der Waals surface area contributed by atoms with Crippen molar-refractivity contribution in [3.8, 4) is 0 Å². The lowest BCUT2D eigenvalue weighted by Gasteiger charge is -2.17. The van der Waals surface area contributed by atoms with Gasteiger partial charge in [0.25, 0.3) is 0 Å². The molecular weight excluding hydrogens is 376 g/mol. The number of sulfone groups is 1. The van der Waals surface area contributed by atoms with E-state index in [2.05, 4.69) is 0 Å². The summed E-state index contributed by atoms with van der Waals surface area (Å²) in [6.07, 6.45) is -0.0183. The third-order valence-corrected chi connectivity index (χ3v) is 5.27. The van der Waals surface area contributed by atoms with Gasteiger partial charge >= 0.3 is 5.97 Å². The van der Waals surface area contributed by atoms with Crippen LogP contribution in [0.25, 0.3) is 0 Å². The van der Waals surface area contributed by atoms with Crippen LogP contribution in [0.3, 0.4) is 0 Å². The van der Waals surface area contributed by atoms with Crippen molar-refractivity contribution in [2.75, 3.05) is 6.26 Å². The summed E-state index contributed by atoms with van der Waals surface area (Å²) in [5.41, 5.74) is 1.14. The molecule has 0 spiro atoms. The Labute approximate surface area is 163 Å². The molecule has 6 heteroatoms. The molecule has 3 rings (SSSR count). The highest BCUT2D eigenvalue weighted by Gasteiger charge is 2.26. The fraction of sp³-hybridized carbons (Fsp3) is 0.0909.